The lowest BCUT2D eigenvalue weighted by molar-refractivity contribution is 0.102. The lowest BCUT2D eigenvalue weighted by Gasteiger charge is -2.28. The van der Waals surface area contributed by atoms with Crippen LogP contribution in [0.15, 0.2) is 18.2 Å². The van der Waals surface area contributed by atoms with Crippen LogP contribution in [0.25, 0.3) is 0 Å². The van der Waals surface area contributed by atoms with Crippen molar-refractivity contribution in [1.82, 2.24) is 10.2 Å². The van der Waals surface area contributed by atoms with Gasteiger partial charge in [-0.15, -0.1) is 0 Å². The van der Waals surface area contributed by atoms with Crippen LogP contribution in [0.4, 0.5) is 10.5 Å². The van der Waals surface area contributed by atoms with Crippen molar-refractivity contribution in [2.75, 3.05) is 45.7 Å². The summed E-state index contributed by atoms with van der Waals surface area (Å²) < 4.78 is 10.3. The van der Waals surface area contributed by atoms with Gasteiger partial charge < -0.3 is 30.1 Å². The van der Waals surface area contributed by atoms with Gasteiger partial charge in [-0.25, -0.2) is 4.79 Å². The highest BCUT2D eigenvalue weighted by molar-refractivity contribution is 5.89. The van der Waals surface area contributed by atoms with Crippen molar-refractivity contribution >= 4 is 11.7 Å². The third kappa shape index (κ3) is 5.90. The Kier molecular flexibility index (Phi) is 7.14. The normalized spacial score (nSPS) is 16.3. The highest BCUT2D eigenvalue weighted by Crippen LogP contribution is 2.25. The van der Waals surface area contributed by atoms with Crippen molar-refractivity contribution in [2.45, 2.75) is 25.4 Å². The van der Waals surface area contributed by atoms with Gasteiger partial charge in [0.1, 0.15) is 11.5 Å². The van der Waals surface area contributed by atoms with Crippen molar-refractivity contribution < 1.29 is 19.4 Å². The molecule has 3 N–H and O–H groups in total. The number of hydrogen-bond acceptors (Lipinski definition) is 5. The zero-order valence-electron chi connectivity index (χ0n) is 14.4. The van der Waals surface area contributed by atoms with E-state index in [9.17, 15) is 9.90 Å². The molecule has 1 saturated heterocycles. The predicted molar refractivity (Wildman–Crippen MR) is 92.9 cm³/mol. The van der Waals surface area contributed by atoms with Crippen LogP contribution in [-0.4, -0.2) is 62.5 Å². The molecule has 0 spiro atoms. The Hall–Kier alpha value is -1.99. The van der Waals surface area contributed by atoms with Crippen LogP contribution < -0.4 is 20.1 Å². The highest BCUT2D eigenvalue weighted by atomic mass is 16.5. The summed E-state index contributed by atoms with van der Waals surface area (Å²) >= 11 is 0. The first-order chi connectivity index (χ1) is 11.6. The van der Waals surface area contributed by atoms with E-state index >= 15 is 0 Å². The van der Waals surface area contributed by atoms with E-state index in [0.717, 1.165) is 13.1 Å². The van der Waals surface area contributed by atoms with Crippen LogP contribution in [0.1, 0.15) is 19.3 Å². The van der Waals surface area contributed by atoms with E-state index in [-0.39, 0.29) is 12.6 Å². The van der Waals surface area contributed by atoms with Crippen molar-refractivity contribution in [2.24, 2.45) is 0 Å². The standard InChI is InChI=1S/C17H27N3O4/c1-23-15-8-13(9-16(10-15)24-2)19-17(22)18-11-14(21)12-20-6-4-3-5-7-20/h8-10,14,21H,3-7,11-12H2,1-2H3,(H2,18,19,22). The molecule has 0 radical (unpaired) electrons. The SMILES string of the molecule is COc1cc(NC(=O)NCC(O)CN2CCCCC2)cc(OC)c1. The maximum atomic E-state index is 12.0. The summed E-state index contributed by atoms with van der Waals surface area (Å²) in [6.45, 7) is 2.84. The van der Waals surface area contributed by atoms with Gasteiger partial charge in [0.25, 0.3) is 0 Å². The fourth-order valence-electron chi connectivity index (χ4n) is 2.77. The molecule has 1 aliphatic heterocycles. The van der Waals surface area contributed by atoms with E-state index in [1.807, 2.05) is 0 Å². The second kappa shape index (κ2) is 9.34. The molecule has 1 heterocycles. The number of piperidine rings is 1. The number of aliphatic hydroxyl groups excluding tert-OH is 1. The fourth-order valence-corrected chi connectivity index (χ4v) is 2.77. The third-order valence-corrected chi connectivity index (χ3v) is 4.03. The number of ether oxygens (including phenoxy) is 2. The van der Waals surface area contributed by atoms with Gasteiger partial charge in [-0.3, -0.25) is 0 Å². The van der Waals surface area contributed by atoms with Crippen LogP contribution in [0, 0.1) is 0 Å². The zero-order valence-corrected chi connectivity index (χ0v) is 14.4. The minimum Gasteiger partial charge on any atom is -0.497 e. The summed E-state index contributed by atoms with van der Waals surface area (Å²) in [5.41, 5.74) is 0.564. The van der Waals surface area contributed by atoms with Gasteiger partial charge in [0, 0.05) is 37.0 Å². The van der Waals surface area contributed by atoms with E-state index in [4.69, 9.17) is 9.47 Å². The monoisotopic (exact) mass is 337 g/mol. The number of likely N-dealkylation sites (tertiary alicyclic amines) is 1. The maximum absolute atomic E-state index is 12.0. The Labute approximate surface area is 142 Å². The molecule has 1 fully saturated rings. The average Bonchev–Trinajstić information content (AvgIpc) is 2.60. The Morgan fingerprint density at radius 2 is 1.79 bits per heavy atom. The quantitative estimate of drug-likeness (QED) is 0.705. The first kappa shape index (κ1) is 18.4. The molecular weight excluding hydrogens is 310 g/mol. The number of benzene rings is 1. The number of anilines is 1. The number of carbonyl (C=O) groups is 1. The summed E-state index contributed by atoms with van der Waals surface area (Å²) in [5, 5.41) is 15.5. The predicted octanol–water partition coefficient (Wildman–Crippen LogP) is 1.67. The first-order valence-electron chi connectivity index (χ1n) is 8.29. The summed E-state index contributed by atoms with van der Waals surface area (Å²) in [6, 6.07) is 4.76. The number of urea groups is 1. The molecule has 134 valence electrons. The van der Waals surface area contributed by atoms with Crippen molar-refractivity contribution in [1.29, 1.82) is 0 Å². The van der Waals surface area contributed by atoms with Crippen molar-refractivity contribution in [3.63, 3.8) is 0 Å². The van der Waals surface area contributed by atoms with Gasteiger partial charge >= 0.3 is 6.03 Å². The van der Waals surface area contributed by atoms with Gasteiger partial charge in [-0.05, 0) is 25.9 Å². The Balaban J connectivity index is 1.78. The van der Waals surface area contributed by atoms with E-state index in [0.29, 0.717) is 23.7 Å². The molecule has 2 amide bonds. The minimum atomic E-state index is -0.575. The van der Waals surface area contributed by atoms with E-state index in [1.165, 1.54) is 19.3 Å². The average molecular weight is 337 g/mol. The van der Waals surface area contributed by atoms with E-state index < -0.39 is 6.10 Å². The molecule has 1 aliphatic rings. The summed E-state index contributed by atoms with van der Waals surface area (Å²) in [7, 11) is 3.10. The van der Waals surface area contributed by atoms with Crippen molar-refractivity contribution in [3.8, 4) is 11.5 Å². The van der Waals surface area contributed by atoms with Crippen LogP contribution in [0.5, 0.6) is 11.5 Å². The first-order valence-corrected chi connectivity index (χ1v) is 8.29. The lowest BCUT2D eigenvalue weighted by atomic mass is 10.1. The number of methoxy groups -OCH3 is 2. The largest absolute Gasteiger partial charge is 0.497 e. The molecule has 2 rings (SSSR count). The van der Waals surface area contributed by atoms with Crippen LogP contribution in [0.2, 0.25) is 0 Å². The van der Waals surface area contributed by atoms with Crippen LogP contribution in [0.3, 0.4) is 0 Å². The Morgan fingerprint density at radius 3 is 2.38 bits per heavy atom. The summed E-state index contributed by atoms with van der Waals surface area (Å²) in [6.07, 6.45) is 3.04. The summed E-state index contributed by atoms with van der Waals surface area (Å²) in [4.78, 5) is 14.2. The Bertz CT molecular complexity index is 510. The molecule has 1 atom stereocenters. The number of carbonyl (C=O) groups excluding carboxylic acids is 1. The number of nitrogens with one attached hydrogen (secondary N) is 2. The molecule has 0 bridgehead atoms. The molecular formula is C17H27N3O4. The second-order valence-corrected chi connectivity index (χ2v) is 5.95. The molecule has 0 aliphatic carbocycles. The maximum Gasteiger partial charge on any atom is 0.319 e. The third-order valence-electron chi connectivity index (χ3n) is 4.03. The van der Waals surface area contributed by atoms with Gasteiger partial charge in [0.05, 0.1) is 20.3 Å². The molecule has 1 aromatic carbocycles. The Morgan fingerprint density at radius 1 is 1.17 bits per heavy atom. The number of nitrogens with zero attached hydrogens (tertiary/aromatic N) is 1. The van der Waals surface area contributed by atoms with Crippen LogP contribution >= 0.6 is 0 Å². The van der Waals surface area contributed by atoms with Crippen molar-refractivity contribution in [3.05, 3.63) is 18.2 Å². The van der Waals surface area contributed by atoms with Gasteiger partial charge in [-0.2, -0.15) is 0 Å². The van der Waals surface area contributed by atoms with Gasteiger partial charge in [0.2, 0.25) is 0 Å². The molecule has 1 unspecified atom stereocenters. The molecule has 0 saturated carbocycles. The number of β-amino-alcohol motifs (C(OH)–C–C–N with tert-alkyl or cyclic N) is 1. The second-order valence-electron chi connectivity index (χ2n) is 5.95. The minimum absolute atomic E-state index is 0.212. The van der Waals surface area contributed by atoms with Gasteiger partial charge in [-0.1, -0.05) is 6.42 Å². The topological polar surface area (TPSA) is 83.1 Å². The number of rotatable bonds is 7. The molecule has 7 heteroatoms. The number of amides is 2. The number of aliphatic hydroxyl groups is 1. The lowest BCUT2D eigenvalue weighted by Crippen LogP contribution is -2.42. The molecule has 7 nitrogen and oxygen atoms in total. The van der Waals surface area contributed by atoms with E-state index in [1.54, 1.807) is 32.4 Å². The smallest absolute Gasteiger partial charge is 0.319 e. The molecule has 0 aromatic heterocycles. The summed E-state index contributed by atoms with van der Waals surface area (Å²) in [5.74, 6) is 1.18. The zero-order chi connectivity index (χ0) is 17.4. The highest BCUT2D eigenvalue weighted by Gasteiger charge is 2.15. The van der Waals surface area contributed by atoms with E-state index in [2.05, 4.69) is 15.5 Å². The number of hydrogen-bond donors (Lipinski definition) is 3. The van der Waals surface area contributed by atoms with Gasteiger partial charge in [0.15, 0.2) is 0 Å². The molecule has 1 aromatic rings. The van der Waals surface area contributed by atoms with Crippen LogP contribution in [-0.2, 0) is 0 Å². The molecule has 24 heavy (non-hydrogen) atoms. The fraction of sp³-hybridized carbons (Fsp3) is 0.588.